The van der Waals surface area contributed by atoms with E-state index in [1.807, 2.05) is 12.1 Å². The summed E-state index contributed by atoms with van der Waals surface area (Å²) in [6, 6.07) is 8.00. The smallest absolute Gasteiger partial charge is 0.234 e. The first kappa shape index (κ1) is 17.8. The molecule has 0 radical (unpaired) electrons. The van der Waals surface area contributed by atoms with E-state index in [1.165, 1.54) is 30.4 Å². The summed E-state index contributed by atoms with van der Waals surface area (Å²) in [5, 5.41) is 8.91. The quantitative estimate of drug-likeness (QED) is 0.848. The molecule has 1 aliphatic rings. The van der Waals surface area contributed by atoms with Gasteiger partial charge in [-0.2, -0.15) is 10.2 Å². The topological polar surface area (TPSA) is 73.1 Å². The molecule has 7 heteroatoms. The summed E-state index contributed by atoms with van der Waals surface area (Å²) < 4.78 is 14.0. The third kappa shape index (κ3) is 3.64. The van der Waals surface area contributed by atoms with Crippen molar-refractivity contribution in [2.75, 3.05) is 29.9 Å². The number of amides is 1. The number of anilines is 2. The van der Waals surface area contributed by atoms with E-state index in [1.54, 1.807) is 13.1 Å². The Morgan fingerprint density at radius 2 is 1.96 bits per heavy atom. The third-order valence-corrected chi connectivity index (χ3v) is 4.54. The predicted octanol–water partition coefficient (Wildman–Crippen LogP) is 3.13. The van der Waals surface area contributed by atoms with E-state index in [0.717, 1.165) is 31.7 Å². The lowest BCUT2D eigenvalue weighted by atomic mass is 10.1. The summed E-state index contributed by atoms with van der Waals surface area (Å²) >= 11 is 0. The molecular formula is C19H20FN5O. The molecule has 1 fully saturated rings. The zero-order chi connectivity index (χ0) is 18.7. The molecule has 0 aliphatic carbocycles. The lowest BCUT2D eigenvalue weighted by molar-refractivity contribution is -0.116. The SMILES string of the molecule is CC(=O)N(C)c1nc(-c2ccc(C#N)c(F)c2)cc(N2CCCCC2)n1. The Balaban J connectivity index is 2.08. The number of carbonyl (C=O) groups is 1. The molecule has 3 rings (SSSR count). The second-order valence-electron chi connectivity index (χ2n) is 6.34. The van der Waals surface area contributed by atoms with E-state index in [4.69, 9.17) is 5.26 Å². The lowest BCUT2D eigenvalue weighted by Gasteiger charge is -2.28. The molecule has 26 heavy (non-hydrogen) atoms. The Bertz CT molecular complexity index is 871. The molecule has 0 unspecified atom stereocenters. The number of carbonyl (C=O) groups excluding carboxylic acids is 1. The van der Waals surface area contributed by atoms with Crippen LogP contribution >= 0.6 is 0 Å². The van der Waals surface area contributed by atoms with Gasteiger partial charge in [-0.3, -0.25) is 9.69 Å². The molecule has 1 aromatic heterocycles. The zero-order valence-electron chi connectivity index (χ0n) is 14.9. The van der Waals surface area contributed by atoms with Crippen molar-refractivity contribution >= 4 is 17.7 Å². The van der Waals surface area contributed by atoms with Crippen LogP contribution in [0.15, 0.2) is 24.3 Å². The Morgan fingerprint density at radius 3 is 2.58 bits per heavy atom. The number of piperidine rings is 1. The minimum Gasteiger partial charge on any atom is -0.356 e. The number of nitrogens with zero attached hydrogens (tertiary/aromatic N) is 5. The summed E-state index contributed by atoms with van der Waals surface area (Å²) in [4.78, 5) is 24.3. The van der Waals surface area contributed by atoms with Crippen molar-refractivity contribution in [1.29, 1.82) is 5.26 Å². The Morgan fingerprint density at radius 1 is 1.23 bits per heavy atom. The molecule has 2 heterocycles. The number of hydrogen-bond acceptors (Lipinski definition) is 5. The maximum Gasteiger partial charge on any atom is 0.234 e. The molecule has 134 valence electrons. The summed E-state index contributed by atoms with van der Waals surface area (Å²) in [6.45, 7) is 3.22. The number of rotatable bonds is 3. The second kappa shape index (κ2) is 7.48. The van der Waals surface area contributed by atoms with Crippen molar-refractivity contribution < 1.29 is 9.18 Å². The van der Waals surface area contributed by atoms with Gasteiger partial charge in [-0.05, 0) is 31.4 Å². The zero-order valence-corrected chi connectivity index (χ0v) is 14.9. The van der Waals surface area contributed by atoms with E-state index in [0.29, 0.717) is 11.3 Å². The van der Waals surface area contributed by atoms with E-state index in [2.05, 4.69) is 14.9 Å². The Hall–Kier alpha value is -3.01. The van der Waals surface area contributed by atoms with Gasteiger partial charge in [-0.25, -0.2) is 9.37 Å². The fourth-order valence-electron chi connectivity index (χ4n) is 2.91. The maximum absolute atomic E-state index is 14.0. The molecule has 1 aromatic carbocycles. The predicted molar refractivity (Wildman–Crippen MR) is 97.3 cm³/mol. The number of aromatic nitrogens is 2. The minimum atomic E-state index is -0.593. The van der Waals surface area contributed by atoms with Gasteiger partial charge < -0.3 is 4.90 Å². The van der Waals surface area contributed by atoms with Gasteiger partial charge >= 0.3 is 0 Å². The van der Waals surface area contributed by atoms with Gasteiger partial charge in [0.05, 0.1) is 11.3 Å². The fourth-order valence-corrected chi connectivity index (χ4v) is 2.91. The van der Waals surface area contributed by atoms with E-state index >= 15 is 0 Å². The van der Waals surface area contributed by atoms with Crippen molar-refractivity contribution in [2.45, 2.75) is 26.2 Å². The lowest BCUT2D eigenvalue weighted by Crippen LogP contribution is -2.31. The molecule has 0 saturated carbocycles. The molecule has 6 nitrogen and oxygen atoms in total. The van der Waals surface area contributed by atoms with Crippen LogP contribution in [0.1, 0.15) is 31.7 Å². The highest BCUT2D eigenvalue weighted by Gasteiger charge is 2.18. The molecule has 0 N–H and O–H groups in total. The fraction of sp³-hybridized carbons (Fsp3) is 0.368. The molecule has 0 bridgehead atoms. The molecule has 2 aromatic rings. The van der Waals surface area contributed by atoms with Crippen molar-refractivity contribution in [3.63, 3.8) is 0 Å². The summed E-state index contributed by atoms with van der Waals surface area (Å²) in [5.41, 5.74) is 1.05. The third-order valence-electron chi connectivity index (χ3n) is 4.54. The van der Waals surface area contributed by atoms with Crippen molar-refractivity contribution in [3.05, 3.63) is 35.6 Å². The highest BCUT2D eigenvalue weighted by Crippen LogP contribution is 2.27. The van der Waals surface area contributed by atoms with Gasteiger partial charge in [-0.15, -0.1) is 0 Å². The van der Waals surface area contributed by atoms with Gasteiger partial charge in [-0.1, -0.05) is 6.07 Å². The van der Waals surface area contributed by atoms with Gasteiger partial charge in [0, 0.05) is 38.7 Å². The number of hydrogen-bond donors (Lipinski definition) is 0. The minimum absolute atomic E-state index is 0.0138. The molecule has 1 amide bonds. The van der Waals surface area contributed by atoms with Crippen molar-refractivity contribution in [1.82, 2.24) is 9.97 Å². The molecule has 0 atom stereocenters. The van der Waals surface area contributed by atoms with Crippen LogP contribution in [0.5, 0.6) is 0 Å². The van der Waals surface area contributed by atoms with E-state index in [9.17, 15) is 9.18 Å². The molecule has 1 aliphatic heterocycles. The van der Waals surface area contributed by atoms with Crippen LogP contribution in [0.4, 0.5) is 16.2 Å². The van der Waals surface area contributed by atoms with Gasteiger partial charge in [0.15, 0.2) is 0 Å². The van der Waals surface area contributed by atoms with Gasteiger partial charge in [0.1, 0.15) is 17.7 Å². The van der Waals surface area contributed by atoms with Crippen molar-refractivity contribution in [3.8, 4) is 17.3 Å². The second-order valence-corrected chi connectivity index (χ2v) is 6.34. The van der Waals surface area contributed by atoms with Crippen LogP contribution in [-0.4, -0.2) is 36.0 Å². The van der Waals surface area contributed by atoms with Crippen LogP contribution in [-0.2, 0) is 4.79 Å². The highest BCUT2D eigenvalue weighted by atomic mass is 19.1. The van der Waals surface area contributed by atoms with Crippen LogP contribution in [0.25, 0.3) is 11.3 Å². The maximum atomic E-state index is 14.0. The first-order valence-electron chi connectivity index (χ1n) is 8.58. The Kier molecular flexibility index (Phi) is 5.12. The van der Waals surface area contributed by atoms with Gasteiger partial charge in [0.2, 0.25) is 11.9 Å². The summed E-state index contributed by atoms with van der Waals surface area (Å²) in [7, 11) is 1.61. The number of nitriles is 1. The van der Waals surface area contributed by atoms with Crippen LogP contribution in [0.3, 0.4) is 0 Å². The van der Waals surface area contributed by atoms with Crippen LogP contribution in [0, 0.1) is 17.1 Å². The van der Waals surface area contributed by atoms with Crippen LogP contribution in [0.2, 0.25) is 0 Å². The highest BCUT2D eigenvalue weighted by molar-refractivity contribution is 5.89. The molecular weight excluding hydrogens is 333 g/mol. The average molecular weight is 353 g/mol. The standard InChI is InChI=1S/C19H20FN5O/c1-13(26)24(2)19-22-17(14-6-7-15(12-21)16(20)10-14)11-18(23-19)25-8-4-3-5-9-25/h6-7,10-11H,3-5,8-9H2,1-2H3. The van der Waals surface area contributed by atoms with Gasteiger partial charge in [0.25, 0.3) is 0 Å². The molecule has 0 spiro atoms. The summed E-state index contributed by atoms with van der Waals surface area (Å²) in [6.07, 6.45) is 3.36. The first-order chi connectivity index (χ1) is 12.5. The Labute approximate surface area is 151 Å². The first-order valence-corrected chi connectivity index (χ1v) is 8.58. The normalized spacial score (nSPS) is 14.0. The summed E-state index contributed by atoms with van der Waals surface area (Å²) in [5.74, 6) is 0.227. The van der Waals surface area contributed by atoms with Crippen LogP contribution < -0.4 is 9.80 Å². The van der Waals surface area contributed by atoms with E-state index in [-0.39, 0.29) is 17.4 Å². The van der Waals surface area contributed by atoms with E-state index < -0.39 is 5.82 Å². The number of benzene rings is 1. The number of halogens is 1. The average Bonchev–Trinajstić information content (AvgIpc) is 2.67. The monoisotopic (exact) mass is 353 g/mol. The largest absolute Gasteiger partial charge is 0.356 e. The van der Waals surface area contributed by atoms with Crippen molar-refractivity contribution in [2.24, 2.45) is 0 Å². The molecule has 1 saturated heterocycles.